The van der Waals surface area contributed by atoms with Crippen molar-refractivity contribution >= 4 is 18.1 Å². The van der Waals surface area contributed by atoms with E-state index in [1.54, 1.807) is 0 Å². The zero-order valence-electron chi connectivity index (χ0n) is 15.8. The van der Waals surface area contributed by atoms with Gasteiger partial charge >= 0.3 is 0 Å². The Kier molecular flexibility index (Phi) is 9.49. The fourth-order valence-electron chi connectivity index (χ4n) is 2.97. The zero-order chi connectivity index (χ0) is 18.2. The largest absolute Gasteiger partial charge is 0.491 e. The van der Waals surface area contributed by atoms with Crippen LogP contribution in [0.2, 0.25) is 0 Å². The smallest absolute Gasteiger partial charge is 0.119 e. The molecule has 1 unspecified atom stereocenters. The minimum Gasteiger partial charge on any atom is -0.491 e. The quantitative estimate of drug-likeness (QED) is 0.696. The summed E-state index contributed by atoms with van der Waals surface area (Å²) in [6.45, 7) is 7.57. The van der Waals surface area contributed by atoms with Crippen molar-refractivity contribution < 1.29 is 14.9 Å². The number of nitrogens with zero attached hydrogens (tertiary/aromatic N) is 1. The van der Waals surface area contributed by atoms with Gasteiger partial charge in [-0.25, -0.2) is 0 Å². The lowest BCUT2D eigenvalue weighted by Gasteiger charge is -2.26. The van der Waals surface area contributed by atoms with Crippen molar-refractivity contribution in [2.45, 2.75) is 32.8 Å². The number of para-hydroxylation sites is 1. The van der Waals surface area contributed by atoms with Gasteiger partial charge in [0.1, 0.15) is 18.5 Å². The van der Waals surface area contributed by atoms with E-state index in [9.17, 15) is 10.2 Å². The molecule has 0 fully saturated rings. The van der Waals surface area contributed by atoms with Gasteiger partial charge in [0.2, 0.25) is 0 Å². The molecule has 5 heteroatoms. The van der Waals surface area contributed by atoms with Gasteiger partial charge in [-0.15, -0.1) is 12.4 Å². The molecule has 2 aromatic rings. The van der Waals surface area contributed by atoms with Crippen LogP contribution in [-0.4, -0.2) is 42.6 Å². The summed E-state index contributed by atoms with van der Waals surface area (Å²) >= 11 is 0. The number of aliphatic hydroxyl groups is 2. The van der Waals surface area contributed by atoms with Crippen LogP contribution in [0.4, 0.5) is 5.69 Å². The van der Waals surface area contributed by atoms with Gasteiger partial charge in [-0.2, -0.15) is 0 Å². The minimum atomic E-state index is -0.642. The maximum absolute atomic E-state index is 10.3. The highest BCUT2D eigenvalue weighted by Gasteiger charge is 2.13. The molecule has 0 aromatic heterocycles. The van der Waals surface area contributed by atoms with Gasteiger partial charge in [0.05, 0.1) is 6.61 Å². The normalized spacial score (nSPS) is 11.8. The summed E-state index contributed by atoms with van der Waals surface area (Å²) in [5.74, 6) is 1.26. The van der Waals surface area contributed by atoms with Crippen LogP contribution in [0.15, 0.2) is 48.5 Å². The first-order valence-electron chi connectivity index (χ1n) is 8.83. The van der Waals surface area contributed by atoms with Gasteiger partial charge in [-0.1, -0.05) is 38.1 Å². The summed E-state index contributed by atoms with van der Waals surface area (Å²) in [4.78, 5) is 1.96. The fourth-order valence-corrected chi connectivity index (χ4v) is 2.97. The number of hydrogen-bond acceptors (Lipinski definition) is 4. The van der Waals surface area contributed by atoms with Crippen LogP contribution in [0, 0.1) is 6.92 Å². The van der Waals surface area contributed by atoms with Crippen LogP contribution < -0.4 is 9.64 Å². The molecule has 0 saturated heterocycles. The Morgan fingerprint density at radius 2 is 1.77 bits per heavy atom. The molecular weight excluding hydrogens is 350 g/mol. The Hall–Kier alpha value is -1.75. The molecule has 2 N–H and O–H groups in total. The molecule has 0 aliphatic carbocycles. The van der Waals surface area contributed by atoms with E-state index in [0.717, 1.165) is 11.4 Å². The fraction of sp³-hybridized carbons (Fsp3) is 0.429. The minimum absolute atomic E-state index is 0. The lowest BCUT2D eigenvalue weighted by molar-refractivity contribution is 0.111. The molecule has 0 aliphatic heterocycles. The zero-order valence-corrected chi connectivity index (χ0v) is 16.6. The monoisotopic (exact) mass is 379 g/mol. The number of halogens is 1. The Bertz CT molecular complexity index is 649. The molecular formula is C21H30ClNO3. The second kappa shape index (κ2) is 11.1. The Morgan fingerprint density at radius 3 is 2.35 bits per heavy atom. The Labute approximate surface area is 162 Å². The standard InChI is InChI=1S/C21H29NO3.ClH/c1-16(2)21-10-9-20(13-17(21)3)25-15-19(24)14-22(11-12-23)18-7-5-4-6-8-18;/h4-10,13,16,19,23-24H,11-12,14-15H2,1-3H3;1H. The van der Waals surface area contributed by atoms with E-state index < -0.39 is 6.10 Å². The summed E-state index contributed by atoms with van der Waals surface area (Å²) in [7, 11) is 0. The number of rotatable bonds is 9. The molecule has 0 heterocycles. The van der Waals surface area contributed by atoms with E-state index in [2.05, 4.69) is 26.8 Å². The molecule has 4 nitrogen and oxygen atoms in total. The van der Waals surface area contributed by atoms with Gasteiger partial charge < -0.3 is 19.8 Å². The third-order valence-corrected chi connectivity index (χ3v) is 4.23. The number of anilines is 1. The third-order valence-electron chi connectivity index (χ3n) is 4.23. The molecule has 26 heavy (non-hydrogen) atoms. The van der Waals surface area contributed by atoms with Crippen LogP contribution in [0.3, 0.4) is 0 Å². The highest BCUT2D eigenvalue weighted by molar-refractivity contribution is 5.85. The van der Waals surface area contributed by atoms with Crippen molar-refractivity contribution in [1.29, 1.82) is 0 Å². The first-order valence-corrected chi connectivity index (χ1v) is 8.83. The van der Waals surface area contributed by atoms with Crippen molar-refractivity contribution in [3.8, 4) is 5.75 Å². The number of aliphatic hydroxyl groups excluding tert-OH is 2. The van der Waals surface area contributed by atoms with Gasteiger partial charge in [0, 0.05) is 18.8 Å². The molecule has 144 valence electrons. The summed E-state index contributed by atoms with van der Waals surface area (Å²) in [6, 6.07) is 15.8. The van der Waals surface area contributed by atoms with Crippen LogP contribution >= 0.6 is 12.4 Å². The van der Waals surface area contributed by atoms with Crippen LogP contribution in [0.25, 0.3) is 0 Å². The average Bonchev–Trinajstić information content (AvgIpc) is 2.60. The predicted molar refractivity (Wildman–Crippen MR) is 110 cm³/mol. The number of hydrogen-bond donors (Lipinski definition) is 2. The van der Waals surface area contributed by atoms with E-state index in [-0.39, 0.29) is 25.6 Å². The maximum Gasteiger partial charge on any atom is 0.119 e. The molecule has 0 radical (unpaired) electrons. The van der Waals surface area contributed by atoms with Crippen LogP contribution in [0.5, 0.6) is 5.75 Å². The van der Waals surface area contributed by atoms with Crippen LogP contribution in [-0.2, 0) is 0 Å². The topological polar surface area (TPSA) is 52.9 Å². The van der Waals surface area contributed by atoms with Crippen molar-refractivity contribution in [1.82, 2.24) is 0 Å². The lowest BCUT2D eigenvalue weighted by atomic mass is 9.98. The Morgan fingerprint density at radius 1 is 1.08 bits per heavy atom. The molecule has 0 bridgehead atoms. The second-order valence-corrected chi connectivity index (χ2v) is 6.64. The number of ether oxygens (including phenoxy) is 1. The van der Waals surface area contributed by atoms with E-state index in [4.69, 9.17) is 4.74 Å². The molecule has 0 amide bonds. The maximum atomic E-state index is 10.3. The molecule has 0 aliphatic rings. The summed E-state index contributed by atoms with van der Waals surface area (Å²) in [5.41, 5.74) is 3.49. The predicted octanol–water partition coefficient (Wildman–Crippen LogP) is 3.78. The van der Waals surface area contributed by atoms with Gasteiger partial charge in [-0.3, -0.25) is 0 Å². The molecule has 2 aromatic carbocycles. The molecule has 2 rings (SSSR count). The van der Waals surface area contributed by atoms with E-state index >= 15 is 0 Å². The highest BCUT2D eigenvalue weighted by Crippen LogP contribution is 2.23. The summed E-state index contributed by atoms with van der Waals surface area (Å²) < 4.78 is 5.76. The lowest BCUT2D eigenvalue weighted by Crippen LogP contribution is -2.37. The third kappa shape index (κ3) is 6.52. The molecule has 0 saturated carbocycles. The first-order chi connectivity index (χ1) is 12.0. The van der Waals surface area contributed by atoms with Crippen molar-refractivity contribution in [2.24, 2.45) is 0 Å². The van der Waals surface area contributed by atoms with Gasteiger partial charge in [0.15, 0.2) is 0 Å². The molecule has 0 spiro atoms. The summed E-state index contributed by atoms with van der Waals surface area (Å²) in [6.07, 6.45) is -0.642. The van der Waals surface area contributed by atoms with Crippen molar-refractivity contribution in [2.75, 3.05) is 31.2 Å². The average molecular weight is 380 g/mol. The Balaban J connectivity index is 0.00000338. The number of aryl methyl sites for hydroxylation is 1. The SMILES string of the molecule is Cc1cc(OCC(O)CN(CCO)c2ccccc2)ccc1C(C)C.Cl. The van der Waals surface area contributed by atoms with E-state index in [1.165, 1.54) is 11.1 Å². The van der Waals surface area contributed by atoms with E-state index in [1.807, 2.05) is 47.4 Å². The first kappa shape index (κ1) is 22.3. The highest BCUT2D eigenvalue weighted by atomic mass is 35.5. The van der Waals surface area contributed by atoms with Crippen molar-refractivity contribution in [3.63, 3.8) is 0 Å². The molecule has 1 atom stereocenters. The van der Waals surface area contributed by atoms with Gasteiger partial charge in [-0.05, 0) is 48.2 Å². The van der Waals surface area contributed by atoms with E-state index in [0.29, 0.717) is 19.0 Å². The summed E-state index contributed by atoms with van der Waals surface area (Å²) in [5, 5.41) is 19.6. The second-order valence-electron chi connectivity index (χ2n) is 6.64. The number of benzene rings is 2. The van der Waals surface area contributed by atoms with Crippen LogP contribution in [0.1, 0.15) is 30.9 Å². The van der Waals surface area contributed by atoms with Crippen molar-refractivity contribution in [3.05, 3.63) is 59.7 Å². The van der Waals surface area contributed by atoms with Gasteiger partial charge in [0.25, 0.3) is 0 Å².